The summed E-state index contributed by atoms with van der Waals surface area (Å²) in [5, 5.41) is 6.60. The molecule has 0 spiro atoms. The molecule has 0 bridgehead atoms. The number of carbonyl (C=O) groups excluding carboxylic acids is 1. The molecule has 2 rings (SSSR count). The highest BCUT2D eigenvalue weighted by Crippen LogP contribution is 2.21. The first-order valence-corrected chi connectivity index (χ1v) is 6.38. The summed E-state index contributed by atoms with van der Waals surface area (Å²) < 4.78 is 8.80. The van der Waals surface area contributed by atoms with Gasteiger partial charge in [-0.1, -0.05) is 10.6 Å². The van der Waals surface area contributed by atoms with Crippen molar-refractivity contribution in [2.24, 2.45) is 0 Å². The standard InChI is InChI=1S/C12H14N4O2S/c1-7-11(19-16-15-7)12(17)14-6-8-3-4-10(18-2)9(13)5-8/h3-5H,6,13H2,1-2H3,(H,14,17). The molecular formula is C12H14N4O2S. The van der Waals surface area contributed by atoms with Gasteiger partial charge < -0.3 is 15.8 Å². The number of benzene rings is 1. The van der Waals surface area contributed by atoms with Crippen LogP contribution >= 0.6 is 11.5 Å². The number of rotatable bonds is 4. The third kappa shape index (κ3) is 3.00. The monoisotopic (exact) mass is 278 g/mol. The summed E-state index contributed by atoms with van der Waals surface area (Å²) in [6, 6.07) is 5.40. The average molecular weight is 278 g/mol. The third-order valence-electron chi connectivity index (χ3n) is 2.60. The third-order valence-corrected chi connectivity index (χ3v) is 3.43. The van der Waals surface area contributed by atoms with E-state index in [2.05, 4.69) is 14.9 Å². The molecule has 0 unspecified atom stereocenters. The van der Waals surface area contributed by atoms with Crippen molar-refractivity contribution in [1.82, 2.24) is 14.9 Å². The second kappa shape index (κ2) is 5.66. The number of aryl methyl sites for hydroxylation is 1. The van der Waals surface area contributed by atoms with Crippen molar-refractivity contribution < 1.29 is 9.53 Å². The first-order chi connectivity index (χ1) is 9.11. The number of amides is 1. The number of nitrogens with one attached hydrogen (secondary N) is 1. The molecule has 2 aromatic rings. The zero-order chi connectivity index (χ0) is 13.8. The van der Waals surface area contributed by atoms with Crippen LogP contribution in [-0.2, 0) is 6.54 Å². The van der Waals surface area contributed by atoms with Crippen LogP contribution < -0.4 is 15.8 Å². The van der Waals surface area contributed by atoms with Crippen molar-refractivity contribution >= 4 is 23.1 Å². The maximum Gasteiger partial charge on any atom is 0.265 e. The van der Waals surface area contributed by atoms with Gasteiger partial charge in [0.05, 0.1) is 18.5 Å². The van der Waals surface area contributed by atoms with E-state index < -0.39 is 0 Å². The minimum absolute atomic E-state index is 0.179. The van der Waals surface area contributed by atoms with Crippen LogP contribution in [0.3, 0.4) is 0 Å². The number of nitrogens with two attached hydrogens (primary N) is 1. The summed E-state index contributed by atoms with van der Waals surface area (Å²) in [5.74, 6) is 0.444. The van der Waals surface area contributed by atoms with Crippen molar-refractivity contribution in [1.29, 1.82) is 0 Å². The number of nitrogens with zero attached hydrogens (tertiary/aromatic N) is 2. The van der Waals surface area contributed by atoms with Crippen molar-refractivity contribution in [3.63, 3.8) is 0 Å². The number of aromatic nitrogens is 2. The van der Waals surface area contributed by atoms with E-state index in [9.17, 15) is 4.79 Å². The Kier molecular flexibility index (Phi) is 3.96. The minimum atomic E-state index is -0.179. The Hall–Kier alpha value is -2.15. The van der Waals surface area contributed by atoms with Gasteiger partial charge in [0.15, 0.2) is 0 Å². The van der Waals surface area contributed by atoms with Crippen LogP contribution in [0, 0.1) is 6.92 Å². The predicted molar refractivity (Wildman–Crippen MR) is 73.2 cm³/mol. The molecule has 1 heterocycles. The molecule has 1 aromatic heterocycles. The molecule has 100 valence electrons. The maximum absolute atomic E-state index is 11.9. The zero-order valence-electron chi connectivity index (χ0n) is 10.6. The van der Waals surface area contributed by atoms with Crippen molar-refractivity contribution in [2.75, 3.05) is 12.8 Å². The fourth-order valence-electron chi connectivity index (χ4n) is 1.60. The van der Waals surface area contributed by atoms with Gasteiger partial charge in [0.1, 0.15) is 10.6 Å². The first-order valence-electron chi connectivity index (χ1n) is 5.61. The Morgan fingerprint density at radius 3 is 2.89 bits per heavy atom. The lowest BCUT2D eigenvalue weighted by molar-refractivity contribution is 0.0954. The van der Waals surface area contributed by atoms with Crippen molar-refractivity contribution in [3.05, 3.63) is 34.3 Å². The van der Waals surface area contributed by atoms with E-state index in [1.54, 1.807) is 26.2 Å². The summed E-state index contributed by atoms with van der Waals surface area (Å²) in [6.07, 6.45) is 0. The SMILES string of the molecule is COc1ccc(CNC(=O)c2snnc2C)cc1N. The fourth-order valence-corrected chi connectivity index (χ4v) is 2.17. The Labute approximate surface area is 114 Å². The Bertz CT molecular complexity index is 597. The number of ether oxygens (including phenoxy) is 1. The summed E-state index contributed by atoms with van der Waals surface area (Å²) in [4.78, 5) is 12.4. The molecule has 0 atom stereocenters. The van der Waals surface area contributed by atoms with Crippen molar-refractivity contribution in [2.45, 2.75) is 13.5 Å². The van der Waals surface area contributed by atoms with E-state index in [0.717, 1.165) is 17.1 Å². The molecular weight excluding hydrogens is 264 g/mol. The molecule has 0 aliphatic heterocycles. The minimum Gasteiger partial charge on any atom is -0.495 e. The number of hydrogen-bond donors (Lipinski definition) is 2. The van der Waals surface area contributed by atoms with Crippen LogP contribution in [0.5, 0.6) is 5.75 Å². The van der Waals surface area contributed by atoms with Crippen LogP contribution in [0.2, 0.25) is 0 Å². The number of nitrogen functional groups attached to an aromatic ring is 1. The molecule has 19 heavy (non-hydrogen) atoms. The van der Waals surface area contributed by atoms with Crippen LogP contribution in [0.4, 0.5) is 5.69 Å². The number of methoxy groups -OCH3 is 1. The van der Waals surface area contributed by atoms with Crippen LogP contribution in [0.15, 0.2) is 18.2 Å². The van der Waals surface area contributed by atoms with Gasteiger partial charge in [-0.3, -0.25) is 4.79 Å². The van der Waals surface area contributed by atoms with E-state index in [0.29, 0.717) is 28.6 Å². The Morgan fingerprint density at radius 2 is 2.32 bits per heavy atom. The second-order valence-corrected chi connectivity index (χ2v) is 4.70. The number of carbonyl (C=O) groups is 1. The van der Waals surface area contributed by atoms with E-state index in [1.807, 2.05) is 6.07 Å². The summed E-state index contributed by atoms with van der Waals surface area (Å²) in [6.45, 7) is 2.15. The van der Waals surface area contributed by atoms with Gasteiger partial charge in [-0.25, -0.2) is 0 Å². The van der Waals surface area contributed by atoms with E-state index in [1.165, 1.54) is 0 Å². The van der Waals surface area contributed by atoms with Gasteiger partial charge in [0.2, 0.25) is 0 Å². The number of anilines is 1. The van der Waals surface area contributed by atoms with Crippen LogP contribution in [-0.4, -0.2) is 22.6 Å². The Morgan fingerprint density at radius 1 is 1.53 bits per heavy atom. The topological polar surface area (TPSA) is 90.1 Å². The largest absolute Gasteiger partial charge is 0.495 e. The molecule has 0 radical (unpaired) electrons. The maximum atomic E-state index is 11.9. The lowest BCUT2D eigenvalue weighted by Gasteiger charge is -2.08. The lowest BCUT2D eigenvalue weighted by Crippen LogP contribution is -2.22. The van der Waals surface area contributed by atoms with E-state index in [-0.39, 0.29) is 5.91 Å². The molecule has 3 N–H and O–H groups in total. The van der Waals surface area contributed by atoms with Crippen LogP contribution in [0.1, 0.15) is 20.9 Å². The molecule has 0 fully saturated rings. The molecule has 1 amide bonds. The summed E-state index contributed by atoms with van der Waals surface area (Å²) >= 11 is 1.08. The number of hydrogen-bond acceptors (Lipinski definition) is 6. The highest BCUT2D eigenvalue weighted by atomic mass is 32.1. The molecule has 1 aromatic carbocycles. The summed E-state index contributed by atoms with van der Waals surface area (Å²) in [7, 11) is 1.56. The van der Waals surface area contributed by atoms with Gasteiger partial charge in [-0.15, -0.1) is 5.10 Å². The Balaban J connectivity index is 2.01. The first kappa shape index (κ1) is 13.3. The van der Waals surface area contributed by atoms with Gasteiger partial charge in [-0.05, 0) is 36.2 Å². The van der Waals surface area contributed by atoms with Gasteiger partial charge in [-0.2, -0.15) is 0 Å². The lowest BCUT2D eigenvalue weighted by atomic mass is 10.2. The molecule has 7 heteroatoms. The second-order valence-electron chi connectivity index (χ2n) is 3.95. The molecule has 0 saturated heterocycles. The van der Waals surface area contributed by atoms with Gasteiger partial charge >= 0.3 is 0 Å². The van der Waals surface area contributed by atoms with Gasteiger partial charge in [0.25, 0.3) is 5.91 Å². The molecule has 0 saturated carbocycles. The fraction of sp³-hybridized carbons (Fsp3) is 0.250. The van der Waals surface area contributed by atoms with Crippen LogP contribution in [0.25, 0.3) is 0 Å². The average Bonchev–Trinajstić information content (AvgIpc) is 2.82. The summed E-state index contributed by atoms with van der Waals surface area (Å²) in [5.41, 5.74) is 7.89. The highest BCUT2D eigenvalue weighted by Gasteiger charge is 2.12. The van der Waals surface area contributed by atoms with Gasteiger partial charge in [0, 0.05) is 6.54 Å². The van der Waals surface area contributed by atoms with Crippen molar-refractivity contribution in [3.8, 4) is 5.75 Å². The quantitative estimate of drug-likeness (QED) is 0.824. The highest BCUT2D eigenvalue weighted by molar-refractivity contribution is 7.07. The smallest absolute Gasteiger partial charge is 0.265 e. The molecule has 6 nitrogen and oxygen atoms in total. The zero-order valence-corrected chi connectivity index (χ0v) is 11.5. The normalized spacial score (nSPS) is 10.2. The van der Waals surface area contributed by atoms with E-state index in [4.69, 9.17) is 10.5 Å². The molecule has 0 aliphatic carbocycles. The van der Waals surface area contributed by atoms with E-state index >= 15 is 0 Å². The molecule has 0 aliphatic rings. The predicted octanol–water partition coefficient (Wildman–Crippen LogP) is 1.37.